The van der Waals surface area contributed by atoms with E-state index >= 15 is 0 Å². The summed E-state index contributed by atoms with van der Waals surface area (Å²) in [5.74, 6) is -1.85. The van der Waals surface area contributed by atoms with Gasteiger partial charge in [0.25, 0.3) is 5.91 Å². The van der Waals surface area contributed by atoms with Crippen LogP contribution < -0.4 is 10.6 Å². The maximum absolute atomic E-state index is 13.0. The fraction of sp³-hybridized carbons (Fsp3) is 0.389. The summed E-state index contributed by atoms with van der Waals surface area (Å²) in [7, 11) is 0. The minimum Gasteiger partial charge on any atom is -0.465 e. The molecule has 8 nitrogen and oxygen atoms in total. The number of hydrogen-bond donors (Lipinski definition) is 2. The number of ether oxygens (including phenoxy) is 1. The molecule has 1 heterocycles. The molecule has 1 unspecified atom stereocenters. The number of benzene rings is 1. The number of halogens is 1. The molecule has 0 aliphatic rings. The maximum atomic E-state index is 13.0. The Balaban J connectivity index is 1.96. The lowest BCUT2D eigenvalue weighted by Crippen LogP contribution is -2.47. The average molecular weight is 441 g/mol. The highest BCUT2D eigenvalue weighted by Gasteiger charge is 2.26. The molecule has 2 amide bonds. The van der Waals surface area contributed by atoms with Crippen LogP contribution in [0.4, 0.5) is 9.52 Å². The summed E-state index contributed by atoms with van der Waals surface area (Å²) in [4.78, 5) is 36.3. The quantitative estimate of drug-likeness (QED) is 0.350. The minimum atomic E-state index is -0.827. The standard InChI is InChI=1S/C18H21FN4O4S2/c1-4-27-13(24)9-28-18-23-22-17(29-18)21-16(26)14(10(2)3)20-15(25)11-5-7-12(19)8-6-11/h5-8,10,14H,4,9H2,1-3H3,(H,20,25)(H,21,22,26). The van der Waals surface area contributed by atoms with Crippen LogP contribution in [0.5, 0.6) is 0 Å². The Bertz CT molecular complexity index is 858. The van der Waals surface area contributed by atoms with Gasteiger partial charge in [0.1, 0.15) is 11.9 Å². The first-order valence-corrected chi connectivity index (χ1v) is 10.6. The summed E-state index contributed by atoms with van der Waals surface area (Å²) in [6.45, 7) is 5.60. The smallest absolute Gasteiger partial charge is 0.316 e. The first-order chi connectivity index (χ1) is 13.8. The van der Waals surface area contributed by atoms with E-state index in [-0.39, 0.29) is 28.3 Å². The molecule has 2 aromatic rings. The van der Waals surface area contributed by atoms with Gasteiger partial charge in [-0.15, -0.1) is 10.2 Å². The molecular formula is C18H21FN4O4S2. The highest BCUT2D eigenvalue weighted by Crippen LogP contribution is 2.25. The molecule has 0 aliphatic carbocycles. The summed E-state index contributed by atoms with van der Waals surface area (Å²) >= 11 is 2.27. The summed E-state index contributed by atoms with van der Waals surface area (Å²) < 4.78 is 18.4. The van der Waals surface area contributed by atoms with Gasteiger partial charge in [0.05, 0.1) is 12.4 Å². The molecule has 156 valence electrons. The van der Waals surface area contributed by atoms with E-state index in [1.54, 1.807) is 20.8 Å². The number of aromatic nitrogens is 2. The van der Waals surface area contributed by atoms with E-state index in [4.69, 9.17) is 4.74 Å². The second kappa shape index (κ2) is 10.9. The lowest BCUT2D eigenvalue weighted by molar-refractivity contribution is -0.139. The Morgan fingerprint density at radius 1 is 1.21 bits per heavy atom. The molecule has 1 atom stereocenters. The van der Waals surface area contributed by atoms with Gasteiger partial charge in [-0.3, -0.25) is 19.7 Å². The number of hydrogen-bond acceptors (Lipinski definition) is 8. The van der Waals surface area contributed by atoms with Crippen molar-refractivity contribution in [2.24, 2.45) is 5.92 Å². The van der Waals surface area contributed by atoms with Gasteiger partial charge < -0.3 is 10.1 Å². The molecule has 2 N–H and O–H groups in total. The first-order valence-electron chi connectivity index (χ1n) is 8.79. The zero-order valence-corrected chi connectivity index (χ0v) is 17.7. The predicted molar refractivity (Wildman–Crippen MR) is 108 cm³/mol. The van der Waals surface area contributed by atoms with Crippen LogP contribution in [0.2, 0.25) is 0 Å². The minimum absolute atomic E-state index is 0.0960. The highest BCUT2D eigenvalue weighted by atomic mass is 32.2. The lowest BCUT2D eigenvalue weighted by Gasteiger charge is -2.21. The van der Waals surface area contributed by atoms with E-state index in [1.165, 1.54) is 24.3 Å². The molecule has 0 radical (unpaired) electrons. The normalized spacial score (nSPS) is 11.8. The first kappa shape index (κ1) is 22.8. The number of nitrogens with zero attached hydrogens (tertiary/aromatic N) is 2. The molecular weight excluding hydrogens is 419 g/mol. The third-order valence-corrected chi connectivity index (χ3v) is 5.54. The molecule has 0 aliphatic heterocycles. The van der Waals surface area contributed by atoms with Gasteiger partial charge in [-0.1, -0.05) is 36.9 Å². The fourth-order valence-electron chi connectivity index (χ4n) is 2.19. The van der Waals surface area contributed by atoms with E-state index in [0.717, 1.165) is 23.1 Å². The molecule has 0 fully saturated rings. The van der Waals surface area contributed by atoms with Crippen LogP contribution in [0.3, 0.4) is 0 Å². The number of carbonyl (C=O) groups is 3. The van der Waals surface area contributed by atoms with Gasteiger partial charge >= 0.3 is 5.97 Å². The highest BCUT2D eigenvalue weighted by molar-refractivity contribution is 8.01. The van der Waals surface area contributed by atoms with E-state index < -0.39 is 23.7 Å². The number of amides is 2. The predicted octanol–water partition coefficient (Wildman–Crippen LogP) is 2.73. The Morgan fingerprint density at radius 3 is 2.52 bits per heavy atom. The molecule has 11 heteroatoms. The number of esters is 1. The van der Waals surface area contributed by atoms with Gasteiger partial charge in [0.2, 0.25) is 11.0 Å². The van der Waals surface area contributed by atoms with Crippen molar-refractivity contribution in [3.63, 3.8) is 0 Å². The van der Waals surface area contributed by atoms with Crippen molar-refractivity contribution in [1.82, 2.24) is 15.5 Å². The third-order valence-electron chi connectivity index (χ3n) is 3.60. The van der Waals surface area contributed by atoms with E-state index in [2.05, 4.69) is 20.8 Å². The molecule has 2 rings (SSSR count). The summed E-state index contributed by atoms with van der Waals surface area (Å²) in [6, 6.07) is 4.22. The number of carbonyl (C=O) groups excluding carboxylic acids is 3. The zero-order chi connectivity index (χ0) is 21.4. The Kier molecular flexibility index (Phi) is 8.52. The molecule has 0 bridgehead atoms. The van der Waals surface area contributed by atoms with Crippen molar-refractivity contribution in [3.05, 3.63) is 35.6 Å². The molecule has 0 saturated heterocycles. The lowest BCUT2D eigenvalue weighted by atomic mass is 10.0. The second-order valence-electron chi connectivity index (χ2n) is 6.16. The Hall–Kier alpha value is -2.53. The van der Waals surface area contributed by atoms with Crippen LogP contribution in [0.25, 0.3) is 0 Å². The van der Waals surface area contributed by atoms with E-state index in [0.29, 0.717) is 10.9 Å². The average Bonchev–Trinajstić information content (AvgIpc) is 3.12. The molecule has 0 saturated carbocycles. The second-order valence-corrected chi connectivity index (χ2v) is 8.36. The van der Waals surface area contributed by atoms with E-state index in [1.807, 2.05) is 0 Å². The zero-order valence-electron chi connectivity index (χ0n) is 16.1. The van der Waals surface area contributed by atoms with Crippen molar-refractivity contribution < 1.29 is 23.5 Å². The van der Waals surface area contributed by atoms with Crippen molar-refractivity contribution in [3.8, 4) is 0 Å². The Labute approximate surface area is 175 Å². The van der Waals surface area contributed by atoms with Gasteiger partial charge in [-0.2, -0.15) is 0 Å². The number of anilines is 1. The van der Waals surface area contributed by atoms with Crippen LogP contribution in [-0.4, -0.2) is 46.4 Å². The largest absolute Gasteiger partial charge is 0.465 e. The third kappa shape index (κ3) is 7.09. The van der Waals surface area contributed by atoms with Crippen molar-refractivity contribution in [2.75, 3.05) is 17.7 Å². The molecule has 1 aromatic heterocycles. The van der Waals surface area contributed by atoms with Crippen LogP contribution in [0.1, 0.15) is 31.1 Å². The number of thioether (sulfide) groups is 1. The van der Waals surface area contributed by atoms with Gasteiger partial charge in [0.15, 0.2) is 4.34 Å². The van der Waals surface area contributed by atoms with E-state index in [9.17, 15) is 18.8 Å². The monoisotopic (exact) mass is 440 g/mol. The number of nitrogens with one attached hydrogen (secondary N) is 2. The van der Waals surface area contributed by atoms with Crippen LogP contribution in [-0.2, 0) is 14.3 Å². The summed E-state index contributed by atoms with van der Waals surface area (Å²) in [5.41, 5.74) is 0.249. The van der Waals surface area contributed by atoms with Crippen molar-refractivity contribution in [1.29, 1.82) is 0 Å². The molecule has 0 spiro atoms. The number of rotatable bonds is 9. The summed E-state index contributed by atoms with van der Waals surface area (Å²) in [6.07, 6.45) is 0. The van der Waals surface area contributed by atoms with Gasteiger partial charge in [-0.05, 0) is 37.1 Å². The Morgan fingerprint density at radius 2 is 1.90 bits per heavy atom. The topological polar surface area (TPSA) is 110 Å². The molecule has 1 aromatic carbocycles. The van der Waals surface area contributed by atoms with Crippen molar-refractivity contribution in [2.45, 2.75) is 31.2 Å². The molecule has 29 heavy (non-hydrogen) atoms. The van der Waals surface area contributed by atoms with Crippen LogP contribution >= 0.6 is 23.1 Å². The summed E-state index contributed by atoms with van der Waals surface area (Å²) in [5, 5.41) is 13.3. The SMILES string of the molecule is CCOC(=O)CSc1nnc(NC(=O)C(NC(=O)c2ccc(F)cc2)C(C)C)s1. The van der Waals surface area contributed by atoms with Gasteiger partial charge in [0, 0.05) is 5.56 Å². The van der Waals surface area contributed by atoms with Crippen molar-refractivity contribution >= 4 is 46.0 Å². The van der Waals surface area contributed by atoms with Crippen LogP contribution in [0.15, 0.2) is 28.6 Å². The fourth-order valence-corrected chi connectivity index (χ4v) is 3.74. The van der Waals surface area contributed by atoms with Crippen LogP contribution in [0, 0.1) is 11.7 Å². The maximum Gasteiger partial charge on any atom is 0.316 e. The van der Waals surface area contributed by atoms with Gasteiger partial charge in [-0.25, -0.2) is 4.39 Å².